The molecule has 1 heterocycles. The van der Waals surface area contributed by atoms with Crippen LogP contribution >= 0.6 is 0 Å². The van der Waals surface area contributed by atoms with Crippen molar-refractivity contribution in [1.29, 1.82) is 0 Å². The fourth-order valence-electron chi connectivity index (χ4n) is 5.04. The predicted octanol–water partition coefficient (Wildman–Crippen LogP) is 6.04. The second-order valence-electron chi connectivity index (χ2n) is 9.57. The third-order valence-electron chi connectivity index (χ3n) is 6.86. The van der Waals surface area contributed by atoms with Gasteiger partial charge in [0.05, 0.1) is 0 Å². The average Bonchev–Trinajstić information content (AvgIpc) is 3.21. The summed E-state index contributed by atoms with van der Waals surface area (Å²) in [6.45, 7) is 8.84. The Kier molecular flexibility index (Phi) is 7.42. The van der Waals surface area contributed by atoms with E-state index >= 15 is 0 Å². The van der Waals surface area contributed by atoms with Crippen molar-refractivity contribution in [3.8, 4) is 0 Å². The summed E-state index contributed by atoms with van der Waals surface area (Å²) in [6.07, 6.45) is 0. The Bertz CT molecular complexity index is 1130. The first kappa shape index (κ1) is 24.1. The zero-order chi connectivity index (χ0) is 24.2. The Balaban J connectivity index is 1.60. The van der Waals surface area contributed by atoms with Crippen LogP contribution in [0.3, 0.4) is 0 Å². The highest BCUT2D eigenvalue weighted by Gasteiger charge is 2.37. The molecule has 1 amide bonds. The highest BCUT2D eigenvalue weighted by Crippen LogP contribution is 2.36. The van der Waals surface area contributed by atoms with E-state index in [1.807, 2.05) is 36.9 Å². The fourth-order valence-corrected chi connectivity index (χ4v) is 5.04. The van der Waals surface area contributed by atoms with Crippen molar-refractivity contribution >= 4 is 5.91 Å². The molecule has 3 nitrogen and oxygen atoms in total. The SMILES string of the molecule is Cc1ccccc1[C@H]1CN(Cc2ccccc2F)C[C@@H]1CN(C(=O)c1ccc(F)cc1)C(C)C. The lowest BCUT2D eigenvalue weighted by Crippen LogP contribution is -2.42. The first-order valence-corrected chi connectivity index (χ1v) is 11.9. The van der Waals surface area contributed by atoms with Gasteiger partial charge in [0, 0.05) is 49.3 Å². The minimum atomic E-state index is -0.355. The molecule has 178 valence electrons. The Labute approximate surface area is 201 Å². The van der Waals surface area contributed by atoms with Gasteiger partial charge in [0.25, 0.3) is 5.91 Å². The summed E-state index contributed by atoms with van der Waals surface area (Å²) in [6, 6.07) is 21.1. The smallest absolute Gasteiger partial charge is 0.254 e. The molecule has 5 heteroatoms. The number of amides is 1. The number of benzene rings is 3. The third-order valence-corrected chi connectivity index (χ3v) is 6.86. The molecule has 3 aromatic rings. The Hall–Kier alpha value is -3.05. The van der Waals surface area contributed by atoms with E-state index in [4.69, 9.17) is 0 Å². The highest BCUT2D eigenvalue weighted by atomic mass is 19.1. The van der Waals surface area contributed by atoms with E-state index < -0.39 is 0 Å². The number of hydrogen-bond acceptors (Lipinski definition) is 2. The van der Waals surface area contributed by atoms with Crippen LogP contribution in [0, 0.1) is 24.5 Å². The van der Waals surface area contributed by atoms with Crippen LogP contribution in [-0.4, -0.2) is 41.4 Å². The largest absolute Gasteiger partial charge is 0.336 e. The summed E-state index contributed by atoms with van der Waals surface area (Å²) in [5.74, 6) is -0.207. The molecule has 34 heavy (non-hydrogen) atoms. The van der Waals surface area contributed by atoms with Crippen molar-refractivity contribution in [2.24, 2.45) is 5.92 Å². The number of nitrogens with zero attached hydrogens (tertiary/aromatic N) is 2. The number of halogens is 2. The molecular formula is C29H32F2N2O. The maximum Gasteiger partial charge on any atom is 0.254 e. The number of likely N-dealkylation sites (tertiary alicyclic amines) is 1. The van der Waals surface area contributed by atoms with Crippen LogP contribution < -0.4 is 0 Å². The monoisotopic (exact) mass is 462 g/mol. The van der Waals surface area contributed by atoms with Gasteiger partial charge in [-0.05, 0) is 68.1 Å². The van der Waals surface area contributed by atoms with Crippen LogP contribution in [0.25, 0.3) is 0 Å². The minimum Gasteiger partial charge on any atom is -0.336 e. The average molecular weight is 463 g/mol. The second kappa shape index (κ2) is 10.5. The third kappa shape index (κ3) is 5.36. The molecule has 0 bridgehead atoms. The van der Waals surface area contributed by atoms with Gasteiger partial charge < -0.3 is 4.90 Å². The number of carbonyl (C=O) groups is 1. The summed E-state index contributed by atoms with van der Waals surface area (Å²) in [4.78, 5) is 17.5. The van der Waals surface area contributed by atoms with Gasteiger partial charge in [0.1, 0.15) is 11.6 Å². The van der Waals surface area contributed by atoms with E-state index in [1.54, 1.807) is 18.2 Å². The van der Waals surface area contributed by atoms with E-state index in [0.717, 1.165) is 13.1 Å². The first-order chi connectivity index (χ1) is 16.3. The summed E-state index contributed by atoms with van der Waals surface area (Å²) in [7, 11) is 0. The van der Waals surface area contributed by atoms with Crippen molar-refractivity contribution < 1.29 is 13.6 Å². The number of aryl methyl sites for hydroxylation is 1. The van der Waals surface area contributed by atoms with Gasteiger partial charge in [-0.1, -0.05) is 42.5 Å². The molecular weight excluding hydrogens is 430 g/mol. The van der Waals surface area contributed by atoms with Crippen LogP contribution in [-0.2, 0) is 6.54 Å². The molecule has 1 aliphatic rings. The first-order valence-electron chi connectivity index (χ1n) is 11.9. The van der Waals surface area contributed by atoms with Crippen LogP contribution in [0.1, 0.15) is 46.8 Å². The van der Waals surface area contributed by atoms with E-state index in [2.05, 4.69) is 30.0 Å². The van der Waals surface area contributed by atoms with Crippen molar-refractivity contribution in [3.05, 3.63) is 107 Å². The van der Waals surface area contributed by atoms with Crippen LogP contribution in [0.2, 0.25) is 0 Å². The van der Waals surface area contributed by atoms with Gasteiger partial charge in [-0.25, -0.2) is 8.78 Å². The van der Waals surface area contributed by atoms with Crippen LogP contribution in [0.15, 0.2) is 72.8 Å². The van der Waals surface area contributed by atoms with Gasteiger partial charge in [-0.3, -0.25) is 9.69 Å². The molecule has 2 atom stereocenters. The molecule has 0 N–H and O–H groups in total. The van der Waals surface area contributed by atoms with Crippen molar-refractivity contribution in [1.82, 2.24) is 9.80 Å². The zero-order valence-electron chi connectivity index (χ0n) is 20.0. The number of rotatable bonds is 7. The molecule has 0 aliphatic carbocycles. The molecule has 1 fully saturated rings. The van der Waals surface area contributed by atoms with Gasteiger partial charge in [-0.15, -0.1) is 0 Å². The number of hydrogen-bond donors (Lipinski definition) is 0. The molecule has 3 aromatic carbocycles. The summed E-state index contributed by atoms with van der Waals surface area (Å²) < 4.78 is 27.8. The van der Waals surface area contributed by atoms with Gasteiger partial charge in [0.15, 0.2) is 0 Å². The molecule has 1 saturated heterocycles. The maximum atomic E-state index is 14.4. The topological polar surface area (TPSA) is 23.6 Å². The molecule has 0 spiro atoms. The lowest BCUT2D eigenvalue weighted by atomic mass is 9.86. The maximum absolute atomic E-state index is 14.4. The molecule has 0 unspecified atom stereocenters. The van der Waals surface area contributed by atoms with E-state index in [-0.39, 0.29) is 35.4 Å². The summed E-state index contributed by atoms with van der Waals surface area (Å²) in [5, 5.41) is 0. The lowest BCUT2D eigenvalue weighted by molar-refractivity contribution is 0.0668. The van der Waals surface area contributed by atoms with Crippen molar-refractivity contribution in [2.75, 3.05) is 19.6 Å². The predicted molar refractivity (Wildman–Crippen MR) is 132 cm³/mol. The quantitative estimate of drug-likeness (QED) is 0.427. The summed E-state index contributed by atoms with van der Waals surface area (Å²) >= 11 is 0. The van der Waals surface area contributed by atoms with Crippen LogP contribution in [0.4, 0.5) is 8.78 Å². The second-order valence-corrected chi connectivity index (χ2v) is 9.57. The Morgan fingerprint density at radius 2 is 1.65 bits per heavy atom. The number of carbonyl (C=O) groups excluding carboxylic acids is 1. The lowest BCUT2D eigenvalue weighted by Gasteiger charge is -2.32. The van der Waals surface area contributed by atoms with Crippen molar-refractivity contribution in [2.45, 2.75) is 39.3 Å². The minimum absolute atomic E-state index is 0.00399. The van der Waals surface area contributed by atoms with Crippen LogP contribution in [0.5, 0.6) is 0 Å². The van der Waals surface area contributed by atoms with Crippen molar-refractivity contribution in [3.63, 3.8) is 0 Å². The van der Waals surface area contributed by atoms with Gasteiger partial charge >= 0.3 is 0 Å². The molecule has 4 rings (SSSR count). The molecule has 0 aromatic heterocycles. The van der Waals surface area contributed by atoms with E-state index in [9.17, 15) is 13.6 Å². The standard InChI is InChI=1S/C29H32F2N2O/c1-20(2)33(29(34)22-12-14-25(30)15-13-22)18-24-17-32(16-23-9-5-7-11-28(23)31)19-27(24)26-10-6-4-8-21(26)3/h4-15,20,24,27H,16-19H2,1-3H3/t24-,27+/m1/s1. The molecule has 0 radical (unpaired) electrons. The summed E-state index contributed by atoms with van der Waals surface area (Å²) in [5.41, 5.74) is 3.69. The Morgan fingerprint density at radius 1 is 0.971 bits per heavy atom. The van der Waals surface area contributed by atoms with E-state index in [1.165, 1.54) is 29.3 Å². The fraction of sp³-hybridized carbons (Fsp3) is 0.345. The van der Waals surface area contributed by atoms with Gasteiger partial charge in [0.2, 0.25) is 0 Å². The highest BCUT2D eigenvalue weighted by molar-refractivity contribution is 5.94. The molecule has 1 aliphatic heterocycles. The zero-order valence-corrected chi connectivity index (χ0v) is 20.0. The Morgan fingerprint density at radius 3 is 2.32 bits per heavy atom. The van der Waals surface area contributed by atoms with E-state index in [0.29, 0.717) is 24.2 Å². The normalized spacial score (nSPS) is 18.4. The van der Waals surface area contributed by atoms with Gasteiger partial charge in [-0.2, -0.15) is 0 Å². The molecule has 0 saturated carbocycles.